The van der Waals surface area contributed by atoms with Gasteiger partial charge in [0.1, 0.15) is 0 Å². The first-order valence-electron chi connectivity index (χ1n) is 3.10. The Kier molecular flexibility index (Phi) is 1.51. The summed E-state index contributed by atoms with van der Waals surface area (Å²) in [6.07, 6.45) is 2.43. The van der Waals surface area contributed by atoms with Crippen molar-refractivity contribution >= 4 is 5.84 Å². The molecule has 1 aliphatic rings. The molecule has 8 heavy (non-hydrogen) atoms. The van der Waals surface area contributed by atoms with E-state index < -0.39 is 0 Å². The Balaban J connectivity index is 2.53. The maximum Gasteiger partial charge on any atom is 0.0965 e. The second-order valence-corrected chi connectivity index (χ2v) is 2.35. The minimum atomic E-state index is 0.531. The number of nitrogens with zero attached hydrogens (tertiary/aromatic N) is 1. The van der Waals surface area contributed by atoms with E-state index in [2.05, 4.69) is 11.9 Å². The number of nitrogens with two attached hydrogens (primary N) is 1. The second-order valence-electron chi connectivity index (χ2n) is 2.35. The van der Waals surface area contributed by atoms with Gasteiger partial charge in [0.25, 0.3) is 0 Å². The standard InChI is InChI=1S/C6H12N2/c1-5-3-2-4-8-6(5)7/h5H,2-4H2,1H3,(H2,7,8)/t5-/m1/s1. The van der Waals surface area contributed by atoms with Crippen LogP contribution in [0.25, 0.3) is 0 Å². The maximum atomic E-state index is 5.53. The van der Waals surface area contributed by atoms with Crippen LogP contribution in [0.1, 0.15) is 19.8 Å². The number of hydrogen-bond donors (Lipinski definition) is 1. The maximum absolute atomic E-state index is 5.53. The Morgan fingerprint density at radius 3 is 2.88 bits per heavy atom. The van der Waals surface area contributed by atoms with Gasteiger partial charge in [0.15, 0.2) is 0 Å². The van der Waals surface area contributed by atoms with Crippen LogP contribution in [0.2, 0.25) is 0 Å². The van der Waals surface area contributed by atoms with Gasteiger partial charge < -0.3 is 5.73 Å². The molecule has 0 fully saturated rings. The van der Waals surface area contributed by atoms with E-state index in [0.29, 0.717) is 5.92 Å². The highest BCUT2D eigenvalue weighted by atomic mass is 14.9. The van der Waals surface area contributed by atoms with E-state index in [1.807, 2.05) is 0 Å². The summed E-state index contributed by atoms with van der Waals surface area (Å²) >= 11 is 0. The third kappa shape index (κ3) is 0.997. The molecular formula is C6H12N2. The van der Waals surface area contributed by atoms with Crippen molar-refractivity contribution in [1.82, 2.24) is 0 Å². The molecule has 0 aromatic rings. The molecule has 2 heteroatoms. The molecule has 2 nitrogen and oxygen atoms in total. The second kappa shape index (κ2) is 2.16. The molecule has 1 aliphatic heterocycles. The van der Waals surface area contributed by atoms with Gasteiger partial charge in [-0.2, -0.15) is 0 Å². The molecule has 0 saturated carbocycles. The molecule has 0 amide bonds. The average molecular weight is 112 g/mol. The number of rotatable bonds is 0. The summed E-state index contributed by atoms with van der Waals surface area (Å²) in [6.45, 7) is 3.06. The molecule has 0 bridgehead atoms. The molecule has 0 saturated heterocycles. The van der Waals surface area contributed by atoms with E-state index >= 15 is 0 Å². The molecular weight excluding hydrogens is 100 g/mol. The van der Waals surface area contributed by atoms with Gasteiger partial charge in [-0.3, -0.25) is 4.99 Å². The third-order valence-corrected chi connectivity index (χ3v) is 1.59. The fourth-order valence-corrected chi connectivity index (χ4v) is 0.909. The van der Waals surface area contributed by atoms with Crippen molar-refractivity contribution in [3.8, 4) is 0 Å². The summed E-state index contributed by atoms with van der Waals surface area (Å²) in [6, 6.07) is 0. The number of aliphatic imine (C=N–C) groups is 1. The SMILES string of the molecule is C[C@@H]1CCCN=C1N. The van der Waals surface area contributed by atoms with E-state index in [1.165, 1.54) is 12.8 Å². The van der Waals surface area contributed by atoms with Crippen LogP contribution < -0.4 is 5.73 Å². The van der Waals surface area contributed by atoms with Gasteiger partial charge in [0, 0.05) is 12.5 Å². The van der Waals surface area contributed by atoms with E-state index in [1.54, 1.807) is 0 Å². The van der Waals surface area contributed by atoms with E-state index in [-0.39, 0.29) is 0 Å². The highest BCUT2D eigenvalue weighted by Crippen LogP contribution is 2.10. The van der Waals surface area contributed by atoms with Gasteiger partial charge in [-0.1, -0.05) is 6.92 Å². The Bertz CT molecular complexity index is 107. The van der Waals surface area contributed by atoms with Crippen molar-refractivity contribution < 1.29 is 0 Å². The number of hydrogen-bond acceptors (Lipinski definition) is 2. The minimum absolute atomic E-state index is 0.531. The Hall–Kier alpha value is -0.530. The molecule has 46 valence electrons. The zero-order valence-corrected chi connectivity index (χ0v) is 5.22. The zero-order chi connectivity index (χ0) is 5.98. The van der Waals surface area contributed by atoms with Crippen LogP contribution in [0.3, 0.4) is 0 Å². The molecule has 0 aliphatic carbocycles. The van der Waals surface area contributed by atoms with Crippen molar-refractivity contribution in [2.24, 2.45) is 16.6 Å². The lowest BCUT2D eigenvalue weighted by molar-refractivity contribution is 0.604. The van der Waals surface area contributed by atoms with Crippen LogP contribution in [0.5, 0.6) is 0 Å². The fraction of sp³-hybridized carbons (Fsp3) is 0.833. The molecule has 0 radical (unpaired) electrons. The summed E-state index contributed by atoms with van der Waals surface area (Å²) in [5.74, 6) is 1.38. The molecule has 0 aromatic heterocycles. The lowest BCUT2D eigenvalue weighted by atomic mass is 10.0. The van der Waals surface area contributed by atoms with E-state index in [0.717, 1.165) is 12.4 Å². The van der Waals surface area contributed by atoms with Gasteiger partial charge >= 0.3 is 0 Å². The van der Waals surface area contributed by atoms with Crippen LogP contribution in [0.4, 0.5) is 0 Å². The van der Waals surface area contributed by atoms with Gasteiger partial charge in [-0.25, -0.2) is 0 Å². The van der Waals surface area contributed by atoms with Crippen molar-refractivity contribution in [2.45, 2.75) is 19.8 Å². The Labute approximate surface area is 49.8 Å². The highest BCUT2D eigenvalue weighted by Gasteiger charge is 2.09. The fourth-order valence-electron chi connectivity index (χ4n) is 0.909. The van der Waals surface area contributed by atoms with Gasteiger partial charge in [-0.15, -0.1) is 0 Å². The number of amidine groups is 1. The lowest BCUT2D eigenvalue weighted by Crippen LogP contribution is -2.24. The quantitative estimate of drug-likeness (QED) is 0.494. The topological polar surface area (TPSA) is 38.4 Å². The van der Waals surface area contributed by atoms with E-state index in [4.69, 9.17) is 5.73 Å². The first kappa shape index (κ1) is 5.60. The van der Waals surface area contributed by atoms with Crippen molar-refractivity contribution in [3.05, 3.63) is 0 Å². The summed E-state index contributed by atoms with van der Waals surface area (Å²) in [5.41, 5.74) is 5.53. The molecule has 0 spiro atoms. The molecule has 1 atom stereocenters. The first-order chi connectivity index (χ1) is 3.80. The van der Waals surface area contributed by atoms with Gasteiger partial charge in [-0.05, 0) is 12.8 Å². The minimum Gasteiger partial charge on any atom is -0.387 e. The zero-order valence-electron chi connectivity index (χ0n) is 5.22. The van der Waals surface area contributed by atoms with Crippen molar-refractivity contribution in [1.29, 1.82) is 0 Å². The van der Waals surface area contributed by atoms with Crippen LogP contribution in [-0.2, 0) is 0 Å². The monoisotopic (exact) mass is 112 g/mol. The molecule has 0 aromatic carbocycles. The molecule has 1 rings (SSSR count). The largest absolute Gasteiger partial charge is 0.387 e. The Morgan fingerprint density at radius 1 is 1.75 bits per heavy atom. The summed E-state index contributed by atoms with van der Waals surface area (Å²) in [7, 11) is 0. The summed E-state index contributed by atoms with van der Waals surface area (Å²) in [4.78, 5) is 4.11. The lowest BCUT2D eigenvalue weighted by Gasteiger charge is -2.14. The van der Waals surface area contributed by atoms with Crippen LogP contribution in [0.15, 0.2) is 4.99 Å². The summed E-state index contributed by atoms with van der Waals surface area (Å²) < 4.78 is 0. The average Bonchev–Trinajstić information content (AvgIpc) is 1.77. The molecule has 2 N–H and O–H groups in total. The van der Waals surface area contributed by atoms with Crippen molar-refractivity contribution in [2.75, 3.05) is 6.54 Å². The van der Waals surface area contributed by atoms with Crippen molar-refractivity contribution in [3.63, 3.8) is 0 Å². The predicted octanol–water partition coefficient (Wildman–Crippen LogP) is 0.774. The van der Waals surface area contributed by atoms with Crippen LogP contribution in [-0.4, -0.2) is 12.4 Å². The van der Waals surface area contributed by atoms with Crippen LogP contribution in [0, 0.1) is 5.92 Å². The molecule has 0 unspecified atom stereocenters. The van der Waals surface area contributed by atoms with E-state index in [9.17, 15) is 0 Å². The third-order valence-electron chi connectivity index (χ3n) is 1.59. The van der Waals surface area contributed by atoms with Crippen LogP contribution >= 0.6 is 0 Å². The predicted molar refractivity (Wildman–Crippen MR) is 34.9 cm³/mol. The van der Waals surface area contributed by atoms with Gasteiger partial charge in [0.2, 0.25) is 0 Å². The summed E-state index contributed by atoms with van der Waals surface area (Å²) in [5, 5.41) is 0. The highest BCUT2D eigenvalue weighted by molar-refractivity contribution is 5.82. The molecule has 1 heterocycles. The Morgan fingerprint density at radius 2 is 2.50 bits per heavy atom. The normalized spacial score (nSPS) is 29.6. The first-order valence-corrected chi connectivity index (χ1v) is 3.10. The smallest absolute Gasteiger partial charge is 0.0965 e. The van der Waals surface area contributed by atoms with Gasteiger partial charge in [0.05, 0.1) is 5.84 Å².